The van der Waals surface area contributed by atoms with E-state index in [1.165, 1.54) is 33.4 Å². The molecule has 2 saturated carbocycles. The second-order valence-corrected chi connectivity index (χ2v) is 10.2. The molecule has 36 heavy (non-hydrogen) atoms. The maximum Gasteiger partial charge on any atom is 0.235 e. The Bertz CT molecular complexity index is 1190. The zero-order valence-corrected chi connectivity index (χ0v) is 20.6. The largest absolute Gasteiger partial charge is 0.235 e. The van der Waals surface area contributed by atoms with E-state index in [9.17, 15) is 9.59 Å². The monoisotopic (exact) mass is 476 g/mol. The van der Waals surface area contributed by atoms with Gasteiger partial charge >= 0.3 is 0 Å². The van der Waals surface area contributed by atoms with Gasteiger partial charge in [-0.3, -0.25) is 0 Å². The highest BCUT2D eigenvalue weighted by Gasteiger charge is 2.27. The number of hydrogen-bond donors (Lipinski definition) is 0. The molecule has 0 aromatic heterocycles. The number of isocyanates is 2. The summed E-state index contributed by atoms with van der Waals surface area (Å²) < 4.78 is 0. The van der Waals surface area contributed by atoms with Gasteiger partial charge in [-0.2, -0.15) is 0 Å². The highest BCUT2D eigenvalue weighted by Crippen LogP contribution is 2.44. The van der Waals surface area contributed by atoms with Crippen molar-refractivity contribution < 1.29 is 9.59 Å². The second kappa shape index (κ2) is 11.4. The Morgan fingerprint density at radius 3 is 1.17 bits per heavy atom. The SMILES string of the molecule is O=C=NC1CCC(c2ccccc2-c2ccccc2-c2ccccc2C2CCC(N=C=O)CC2)CC1. The van der Waals surface area contributed by atoms with Crippen molar-refractivity contribution in [3.63, 3.8) is 0 Å². The molecule has 0 aliphatic heterocycles. The van der Waals surface area contributed by atoms with Crippen LogP contribution in [0.15, 0.2) is 82.8 Å². The van der Waals surface area contributed by atoms with Gasteiger partial charge in [-0.1, -0.05) is 72.8 Å². The molecule has 2 fully saturated rings. The van der Waals surface area contributed by atoms with Crippen LogP contribution in [0.1, 0.15) is 74.3 Å². The molecule has 0 N–H and O–H groups in total. The molecule has 0 saturated heterocycles. The van der Waals surface area contributed by atoms with E-state index in [1.54, 1.807) is 12.2 Å². The second-order valence-electron chi connectivity index (χ2n) is 10.2. The Hall–Kier alpha value is -3.58. The van der Waals surface area contributed by atoms with E-state index >= 15 is 0 Å². The van der Waals surface area contributed by atoms with Crippen LogP contribution >= 0.6 is 0 Å². The lowest BCUT2D eigenvalue weighted by Gasteiger charge is -2.29. The van der Waals surface area contributed by atoms with E-state index in [1.807, 2.05) is 0 Å². The summed E-state index contributed by atoms with van der Waals surface area (Å²) in [6, 6.07) is 26.7. The van der Waals surface area contributed by atoms with Crippen LogP contribution in [0, 0.1) is 0 Å². The van der Waals surface area contributed by atoms with E-state index in [0.717, 1.165) is 51.4 Å². The van der Waals surface area contributed by atoms with Crippen molar-refractivity contribution in [3.8, 4) is 22.3 Å². The van der Waals surface area contributed by atoms with E-state index in [2.05, 4.69) is 82.8 Å². The van der Waals surface area contributed by atoms with Crippen molar-refractivity contribution in [2.45, 2.75) is 75.3 Å². The van der Waals surface area contributed by atoms with Crippen molar-refractivity contribution in [1.82, 2.24) is 0 Å². The fraction of sp³-hybridized carbons (Fsp3) is 0.375. The average Bonchev–Trinajstić information content (AvgIpc) is 2.94. The maximum absolute atomic E-state index is 10.7. The van der Waals surface area contributed by atoms with Gasteiger partial charge in [0.2, 0.25) is 12.2 Å². The van der Waals surface area contributed by atoms with Crippen LogP contribution < -0.4 is 0 Å². The fourth-order valence-electron chi connectivity index (χ4n) is 6.33. The number of benzene rings is 3. The molecule has 2 aliphatic carbocycles. The lowest BCUT2D eigenvalue weighted by Crippen LogP contribution is -2.16. The molecule has 2 aliphatic rings. The lowest BCUT2D eigenvalue weighted by molar-refractivity contribution is 0.395. The molecule has 3 aromatic carbocycles. The van der Waals surface area contributed by atoms with E-state index in [4.69, 9.17) is 0 Å². The lowest BCUT2D eigenvalue weighted by atomic mass is 9.76. The topological polar surface area (TPSA) is 58.9 Å². The summed E-state index contributed by atoms with van der Waals surface area (Å²) in [7, 11) is 0. The van der Waals surface area contributed by atoms with E-state index in [0.29, 0.717) is 11.8 Å². The van der Waals surface area contributed by atoms with Crippen LogP contribution in [0.3, 0.4) is 0 Å². The Labute approximate surface area is 213 Å². The number of rotatable bonds is 6. The Morgan fingerprint density at radius 2 is 0.806 bits per heavy atom. The summed E-state index contributed by atoms with van der Waals surface area (Å²) in [4.78, 5) is 29.4. The number of hydrogen-bond acceptors (Lipinski definition) is 4. The van der Waals surface area contributed by atoms with Crippen LogP contribution in [0.4, 0.5) is 0 Å². The van der Waals surface area contributed by atoms with E-state index in [-0.39, 0.29) is 12.1 Å². The van der Waals surface area contributed by atoms with Gasteiger partial charge in [-0.05, 0) is 96.6 Å². The molecule has 5 rings (SSSR count). The van der Waals surface area contributed by atoms with Crippen molar-refractivity contribution in [1.29, 1.82) is 0 Å². The minimum Gasteiger partial charge on any atom is -0.211 e. The average molecular weight is 477 g/mol. The summed E-state index contributed by atoms with van der Waals surface area (Å²) in [5.41, 5.74) is 7.93. The molecule has 0 unspecified atom stereocenters. The summed E-state index contributed by atoms with van der Waals surface area (Å²) in [6.45, 7) is 0. The summed E-state index contributed by atoms with van der Waals surface area (Å²) in [5.74, 6) is 0.938. The van der Waals surface area contributed by atoms with Crippen LogP contribution in [0.25, 0.3) is 22.3 Å². The molecule has 0 amide bonds. The maximum atomic E-state index is 10.7. The molecule has 0 atom stereocenters. The minimum absolute atomic E-state index is 0.123. The molecule has 0 spiro atoms. The van der Waals surface area contributed by atoms with Crippen molar-refractivity contribution >= 4 is 12.2 Å². The molecule has 0 radical (unpaired) electrons. The van der Waals surface area contributed by atoms with Gasteiger partial charge in [0.1, 0.15) is 0 Å². The van der Waals surface area contributed by atoms with Crippen LogP contribution in [0.2, 0.25) is 0 Å². The summed E-state index contributed by atoms with van der Waals surface area (Å²) >= 11 is 0. The molecule has 3 aromatic rings. The molecule has 4 heteroatoms. The van der Waals surface area contributed by atoms with Gasteiger partial charge in [0.05, 0.1) is 12.1 Å². The van der Waals surface area contributed by atoms with Gasteiger partial charge in [-0.15, -0.1) is 0 Å². The van der Waals surface area contributed by atoms with Crippen LogP contribution in [0.5, 0.6) is 0 Å². The molecular weight excluding hydrogens is 444 g/mol. The first kappa shape index (κ1) is 24.1. The van der Waals surface area contributed by atoms with Crippen LogP contribution in [-0.4, -0.2) is 24.2 Å². The Balaban J connectivity index is 1.49. The predicted molar refractivity (Wildman–Crippen MR) is 144 cm³/mol. The van der Waals surface area contributed by atoms with Gasteiger partial charge in [0.15, 0.2) is 0 Å². The number of nitrogens with zero attached hydrogens (tertiary/aromatic N) is 2. The first-order valence-corrected chi connectivity index (χ1v) is 13.2. The summed E-state index contributed by atoms with van der Waals surface area (Å²) in [6.07, 6.45) is 11.4. The Morgan fingerprint density at radius 1 is 0.472 bits per heavy atom. The quantitative estimate of drug-likeness (QED) is 0.270. The van der Waals surface area contributed by atoms with Gasteiger partial charge in [0.25, 0.3) is 0 Å². The van der Waals surface area contributed by atoms with Gasteiger partial charge in [0, 0.05) is 0 Å². The third-order valence-electron chi connectivity index (χ3n) is 8.17. The zero-order valence-electron chi connectivity index (χ0n) is 20.6. The third-order valence-corrected chi connectivity index (χ3v) is 8.17. The molecule has 182 valence electrons. The predicted octanol–water partition coefficient (Wildman–Crippen LogP) is 7.74. The molecular formula is C32H32N2O2. The molecule has 0 heterocycles. The van der Waals surface area contributed by atoms with Gasteiger partial charge in [-0.25, -0.2) is 19.6 Å². The van der Waals surface area contributed by atoms with Crippen molar-refractivity contribution in [2.75, 3.05) is 0 Å². The normalized spacial score (nSPS) is 23.8. The van der Waals surface area contributed by atoms with E-state index < -0.39 is 0 Å². The number of carbonyl (C=O) groups excluding carboxylic acids is 2. The molecule has 4 nitrogen and oxygen atoms in total. The smallest absolute Gasteiger partial charge is 0.211 e. The van der Waals surface area contributed by atoms with Crippen molar-refractivity contribution in [2.24, 2.45) is 9.98 Å². The Kier molecular flexibility index (Phi) is 7.67. The highest BCUT2D eigenvalue weighted by atomic mass is 16.1. The first-order chi connectivity index (χ1) is 17.8. The third kappa shape index (κ3) is 5.16. The fourth-order valence-corrected chi connectivity index (χ4v) is 6.33. The van der Waals surface area contributed by atoms with Crippen LogP contribution in [-0.2, 0) is 9.59 Å². The number of aliphatic imine (C=N–C) groups is 2. The minimum atomic E-state index is 0.123. The van der Waals surface area contributed by atoms with Crippen molar-refractivity contribution in [3.05, 3.63) is 83.9 Å². The first-order valence-electron chi connectivity index (χ1n) is 13.2. The molecule has 0 bridgehead atoms. The highest BCUT2D eigenvalue weighted by molar-refractivity contribution is 5.86. The standard InChI is InChI=1S/C32H32N2O2/c35-21-33-25-17-13-23(14-18-25)27-7-1-3-9-29(27)31-11-5-6-12-32(31)30-10-4-2-8-28(30)24-15-19-26(20-16-24)34-22-36/h1-12,23-26H,13-20H2. The van der Waals surface area contributed by atoms with Gasteiger partial charge < -0.3 is 0 Å². The zero-order chi connectivity index (χ0) is 24.7. The summed E-state index contributed by atoms with van der Waals surface area (Å²) in [5, 5.41) is 0.